The van der Waals surface area contributed by atoms with Crippen molar-refractivity contribution in [1.29, 1.82) is 0 Å². The Morgan fingerprint density at radius 2 is 1.96 bits per heavy atom. The van der Waals surface area contributed by atoms with Crippen LogP contribution in [0.4, 0.5) is 0 Å². The first-order valence-corrected chi connectivity index (χ1v) is 9.49. The van der Waals surface area contributed by atoms with Crippen LogP contribution in [0.5, 0.6) is 0 Å². The molecule has 2 aliphatic heterocycles. The zero-order valence-corrected chi connectivity index (χ0v) is 16.5. The molecular weight excluding hydrogens is 318 g/mol. The first-order valence-electron chi connectivity index (χ1n) is 9.49. The lowest BCUT2D eigenvalue weighted by Gasteiger charge is -2.36. The normalized spacial score (nSPS) is 27.4. The number of likely N-dealkylation sites (N-methyl/N-ethyl adjacent to an activating group) is 1. The van der Waals surface area contributed by atoms with Crippen LogP contribution in [0.15, 0.2) is 4.99 Å². The van der Waals surface area contributed by atoms with Crippen molar-refractivity contribution < 1.29 is 9.53 Å². The lowest BCUT2D eigenvalue weighted by Crippen LogP contribution is -2.49. The summed E-state index contributed by atoms with van der Waals surface area (Å²) in [5.41, 5.74) is 0. The van der Waals surface area contributed by atoms with E-state index in [0.717, 1.165) is 51.8 Å². The van der Waals surface area contributed by atoms with E-state index >= 15 is 0 Å². The third-order valence-electron chi connectivity index (χ3n) is 5.42. The Hall–Kier alpha value is -1.34. The topological polar surface area (TPSA) is 60.4 Å². The van der Waals surface area contributed by atoms with Crippen LogP contribution in [0.25, 0.3) is 0 Å². The fourth-order valence-corrected chi connectivity index (χ4v) is 3.62. The third kappa shape index (κ3) is 5.31. The monoisotopic (exact) mass is 353 g/mol. The Balaban J connectivity index is 1.95. The number of methoxy groups -OCH3 is 1. The van der Waals surface area contributed by atoms with Crippen molar-refractivity contribution in [3.8, 4) is 0 Å². The second-order valence-electron chi connectivity index (χ2n) is 7.39. The van der Waals surface area contributed by atoms with Gasteiger partial charge in [0.2, 0.25) is 0 Å². The number of hydrogen-bond donors (Lipinski definition) is 1. The van der Waals surface area contributed by atoms with E-state index in [4.69, 9.17) is 9.73 Å². The fraction of sp³-hybridized carbons (Fsp3) is 0.889. The van der Waals surface area contributed by atoms with E-state index in [9.17, 15) is 4.79 Å². The standard InChI is InChI=1S/C18H35N5O2/c1-6-19-18(23-12-14(2)16(13-23)17(24)25-5)20-11-15(3)22-9-7-21(4)8-10-22/h14-16H,6-13H2,1-5H3,(H,19,20). The number of guanidine groups is 1. The second kappa shape index (κ2) is 9.38. The predicted octanol–water partition coefficient (Wildman–Crippen LogP) is 0.329. The number of esters is 1. The van der Waals surface area contributed by atoms with Crippen LogP contribution in [0, 0.1) is 11.8 Å². The van der Waals surface area contributed by atoms with Crippen molar-refractivity contribution in [2.24, 2.45) is 16.8 Å². The molecule has 2 rings (SSSR count). The molecule has 2 heterocycles. The first-order chi connectivity index (χ1) is 12.0. The summed E-state index contributed by atoms with van der Waals surface area (Å²) in [4.78, 5) is 23.9. The highest BCUT2D eigenvalue weighted by atomic mass is 16.5. The molecule has 3 atom stereocenters. The Kier molecular flexibility index (Phi) is 7.50. The summed E-state index contributed by atoms with van der Waals surface area (Å²) >= 11 is 0. The lowest BCUT2D eigenvalue weighted by atomic mass is 9.99. The minimum Gasteiger partial charge on any atom is -0.469 e. The zero-order valence-electron chi connectivity index (χ0n) is 16.5. The van der Waals surface area contributed by atoms with Crippen molar-refractivity contribution in [3.05, 3.63) is 0 Å². The maximum absolute atomic E-state index is 11.9. The molecular formula is C18H35N5O2. The lowest BCUT2D eigenvalue weighted by molar-refractivity contribution is -0.145. The minimum atomic E-state index is -0.114. The van der Waals surface area contributed by atoms with Gasteiger partial charge in [-0.05, 0) is 26.8 Å². The van der Waals surface area contributed by atoms with Crippen LogP contribution in [0.3, 0.4) is 0 Å². The van der Waals surface area contributed by atoms with Gasteiger partial charge in [0.25, 0.3) is 0 Å². The van der Waals surface area contributed by atoms with E-state index in [0.29, 0.717) is 12.6 Å². The highest BCUT2D eigenvalue weighted by molar-refractivity contribution is 5.82. The van der Waals surface area contributed by atoms with Crippen LogP contribution in [-0.4, -0.2) is 99.2 Å². The maximum Gasteiger partial charge on any atom is 0.310 e. The highest BCUT2D eigenvalue weighted by Gasteiger charge is 2.37. The van der Waals surface area contributed by atoms with Crippen LogP contribution in [0.1, 0.15) is 20.8 Å². The maximum atomic E-state index is 11.9. The van der Waals surface area contributed by atoms with Gasteiger partial charge in [0.15, 0.2) is 5.96 Å². The van der Waals surface area contributed by atoms with Gasteiger partial charge in [0, 0.05) is 51.9 Å². The van der Waals surface area contributed by atoms with Gasteiger partial charge in [-0.15, -0.1) is 0 Å². The van der Waals surface area contributed by atoms with Crippen molar-refractivity contribution in [2.75, 3.05) is 66.5 Å². The van der Waals surface area contributed by atoms with Gasteiger partial charge in [-0.3, -0.25) is 14.7 Å². The van der Waals surface area contributed by atoms with Gasteiger partial charge in [-0.2, -0.15) is 0 Å². The van der Waals surface area contributed by atoms with Gasteiger partial charge in [-0.25, -0.2) is 0 Å². The van der Waals surface area contributed by atoms with Crippen molar-refractivity contribution >= 4 is 11.9 Å². The van der Waals surface area contributed by atoms with Gasteiger partial charge >= 0.3 is 5.97 Å². The average molecular weight is 354 g/mol. The molecule has 3 unspecified atom stereocenters. The summed E-state index contributed by atoms with van der Waals surface area (Å²) in [5.74, 6) is 1.02. The SMILES string of the molecule is CCNC(=NCC(C)N1CCN(C)CC1)N1CC(C)C(C(=O)OC)C1. The molecule has 0 spiro atoms. The predicted molar refractivity (Wildman–Crippen MR) is 101 cm³/mol. The number of nitrogens with one attached hydrogen (secondary N) is 1. The fourth-order valence-electron chi connectivity index (χ4n) is 3.62. The summed E-state index contributed by atoms with van der Waals surface area (Å²) in [5, 5.41) is 3.39. The number of rotatable bonds is 5. The largest absolute Gasteiger partial charge is 0.469 e. The Labute approximate surface area is 152 Å². The summed E-state index contributed by atoms with van der Waals surface area (Å²) in [6, 6.07) is 0.429. The van der Waals surface area contributed by atoms with Gasteiger partial charge in [-0.1, -0.05) is 6.92 Å². The smallest absolute Gasteiger partial charge is 0.310 e. The summed E-state index contributed by atoms with van der Waals surface area (Å²) < 4.78 is 4.94. The van der Waals surface area contributed by atoms with Gasteiger partial charge in [0.1, 0.15) is 0 Å². The third-order valence-corrected chi connectivity index (χ3v) is 5.42. The summed E-state index contributed by atoms with van der Waals surface area (Å²) in [6.45, 7) is 14.0. The quantitative estimate of drug-likeness (QED) is 0.437. The molecule has 2 fully saturated rings. The molecule has 0 aliphatic carbocycles. The Morgan fingerprint density at radius 3 is 2.56 bits per heavy atom. The number of nitrogens with zero attached hydrogens (tertiary/aromatic N) is 4. The van der Waals surface area contributed by atoms with Crippen molar-refractivity contribution in [2.45, 2.75) is 26.8 Å². The Morgan fingerprint density at radius 1 is 1.28 bits per heavy atom. The molecule has 0 bridgehead atoms. The van der Waals surface area contributed by atoms with E-state index in [2.05, 4.69) is 47.8 Å². The van der Waals surface area contributed by atoms with Crippen LogP contribution in [0.2, 0.25) is 0 Å². The molecule has 25 heavy (non-hydrogen) atoms. The van der Waals surface area contributed by atoms with E-state index in [1.165, 1.54) is 7.11 Å². The second-order valence-corrected chi connectivity index (χ2v) is 7.39. The number of likely N-dealkylation sites (tertiary alicyclic amines) is 1. The molecule has 2 aliphatic rings. The van der Waals surface area contributed by atoms with E-state index in [-0.39, 0.29) is 17.8 Å². The molecule has 2 saturated heterocycles. The first kappa shape index (κ1) is 20.0. The van der Waals surface area contributed by atoms with E-state index in [1.54, 1.807) is 0 Å². The Bertz CT molecular complexity index is 462. The molecule has 0 saturated carbocycles. The number of carbonyl (C=O) groups excluding carboxylic acids is 1. The van der Waals surface area contributed by atoms with Crippen LogP contribution >= 0.6 is 0 Å². The number of piperazine rings is 1. The molecule has 0 aromatic carbocycles. The zero-order chi connectivity index (χ0) is 18.4. The van der Waals surface area contributed by atoms with Crippen LogP contribution in [-0.2, 0) is 9.53 Å². The van der Waals surface area contributed by atoms with Crippen molar-refractivity contribution in [1.82, 2.24) is 20.0 Å². The minimum absolute atomic E-state index is 0.0658. The molecule has 7 heteroatoms. The number of hydrogen-bond acceptors (Lipinski definition) is 5. The summed E-state index contributed by atoms with van der Waals surface area (Å²) in [6.07, 6.45) is 0. The number of ether oxygens (including phenoxy) is 1. The molecule has 1 N–H and O–H groups in total. The number of aliphatic imine (C=N–C) groups is 1. The summed E-state index contributed by atoms with van der Waals surface area (Å²) in [7, 11) is 3.64. The molecule has 0 amide bonds. The van der Waals surface area contributed by atoms with E-state index < -0.39 is 0 Å². The van der Waals surface area contributed by atoms with E-state index in [1.807, 2.05) is 0 Å². The highest BCUT2D eigenvalue weighted by Crippen LogP contribution is 2.24. The van der Waals surface area contributed by atoms with Crippen LogP contribution < -0.4 is 5.32 Å². The average Bonchev–Trinajstić information content (AvgIpc) is 2.99. The molecule has 144 valence electrons. The number of carbonyl (C=O) groups is 1. The van der Waals surface area contributed by atoms with Gasteiger partial charge in [0.05, 0.1) is 19.6 Å². The molecule has 0 radical (unpaired) electrons. The molecule has 0 aromatic heterocycles. The molecule has 7 nitrogen and oxygen atoms in total. The van der Waals surface area contributed by atoms with Crippen molar-refractivity contribution in [3.63, 3.8) is 0 Å². The van der Waals surface area contributed by atoms with Gasteiger partial charge < -0.3 is 19.9 Å². The molecule has 0 aromatic rings.